The zero-order valence-electron chi connectivity index (χ0n) is 17.1. The number of carbonyl (C=O) groups excluding carboxylic acids is 1. The molecule has 0 spiro atoms. The number of benzene rings is 1. The van der Waals surface area contributed by atoms with Crippen molar-refractivity contribution in [3.8, 4) is 0 Å². The Morgan fingerprint density at radius 2 is 1.94 bits per heavy atom. The molecule has 1 aromatic heterocycles. The van der Waals surface area contributed by atoms with E-state index in [0.717, 1.165) is 36.1 Å². The minimum Gasteiger partial charge on any atom is -0.481 e. The van der Waals surface area contributed by atoms with E-state index in [0.29, 0.717) is 29.0 Å². The van der Waals surface area contributed by atoms with Crippen molar-refractivity contribution in [3.63, 3.8) is 0 Å². The molecule has 1 heterocycles. The Kier molecular flexibility index (Phi) is 7.95. The van der Waals surface area contributed by atoms with Crippen LogP contribution in [0.5, 0.6) is 0 Å². The van der Waals surface area contributed by atoms with Gasteiger partial charge >= 0.3 is 12.0 Å². The number of hydrogen-bond acceptors (Lipinski definition) is 7. The Hall–Kier alpha value is -2.11. The molecule has 0 atom stereocenters. The monoisotopic (exact) mass is 483 g/mol. The minimum atomic E-state index is -3.31. The zero-order valence-corrected chi connectivity index (χ0v) is 19.6. The lowest BCUT2D eigenvalue weighted by atomic mass is 10.1. The number of nitrogens with zero attached hydrogens (tertiary/aromatic N) is 2. The van der Waals surface area contributed by atoms with Crippen LogP contribution >= 0.6 is 23.1 Å². The normalized spacial score (nSPS) is 14.5. The zero-order chi connectivity index (χ0) is 22.4. The molecule has 1 aliphatic carbocycles. The van der Waals surface area contributed by atoms with E-state index >= 15 is 0 Å². The van der Waals surface area contributed by atoms with E-state index in [1.54, 1.807) is 23.2 Å². The van der Waals surface area contributed by atoms with Crippen molar-refractivity contribution in [2.45, 2.75) is 41.2 Å². The van der Waals surface area contributed by atoms with Crippen LogP contribution in [0.25, 0.3) is 0 Å². The lowest BCUT2D eigenvalue weighted by Crippen LogP contribution is -2.38. The fraction of sp³-hybridized carbons (Fsp3) is 0.450. The summed E-state index contributed by atoms with van der Waals surface area (Å²) >= 11 is 2.68. The first-order chi connectivity index (χ1) is 14.7. The van der Waals surface area contributed by atoms with Crippen LogP contribution in [-0.4, -0.2) is 49.1 Å². The van der Waals surface area contributed by atoms with Gasteiger partial charge in [-0.25, -0.2) is 18.2 Å². The van der Waals surface area contributed by atoms with Gasteiger partial charge in [-0.2, -0.15) is 0 Å². The summed E-state index contributed by atoms with van der Waals surface area (Å²) in [6.45, 7) is 0.551. The summed E-state index contributed by atoms with van der Waals surface area (Å²) in [5, 5.41) is 12.0. The quantitative estimate of drug-likeness (QED) is 0.510. The van der Waals surface area contributed by atoms with Gasteiger partial charge < -0.3 is 5.11 Å². The van der Waals surface area contributed by atoms with Gasteiger partial charge in [0, 0.05) is 24.2 Å². The molecule has 168 valence electrons. The molecule has 2 aromatic rings. The smallest absolute Gasteiger partial charge is 0.328 e. The van der Waals surface area contributed by atoms with Gasteiger partial charge in [0.05, 0.1) is 21.7 Å². The van der Waals surface area contributed by atoms with Crippen LogP contribution in [-0.2, 0) is 14.6 Å². The second kappa shape index (κ2) is 10.5. The van der Waals surface area contributed by atoms with Gasteiger partial charge in [0.1, 0.15) is 0 Å². The van der Waals surface area contributed by atoms with Crippen LogP contribution in [0.4, 0.5) is 15.6 Å². The molecule has 0 bridgehead atoms. The number of carbonyl (C=O) groups is 2. The highest BCUT2D eigenvalue weighted by atomic mass is 32.2. The topological polar surface area (TPSA) is 117 Å². The van der Waals surface area contributed by atoms with Gasteiger partial charge in [0.15, 0.2) is 15.0 Å². The molecule has 1 aliphatic rings. The predicted molar refractivity (Wildman–Crippen MR) is 123 cm³/mol. The SMILES string of the molecule is CS(=O)(=O)c1ccc(N(CC2CCCC2)C(=O)Nc2ncc(SCCC(=O)O)s2)cc1. The van der Waals surface area contributed by atoms with Crippen molar-refractivity contribution >= 4 is 55.8 Å². The summed E-state index contributed by atoms with van der Waals surface area (Å²) in [6, 6.07) is 6.01. The summed E-state index contributed by atoms with van der Waals surface area (Å²) in [5.74, 6) is -0.0143. The van der Waals surface area contributed by atoms with Crippen LogP contribution in [0, 0.1) is 5.92 Å². The summed E-state index contributed by atoms with van der Waals surface area (Å²) in [7, 11) is -3.31. The Morgan fingerprint density at radius 3 is 2.55 bits per heavy atom. The van der Waals surface area contributed by atoms with Gasteiger partial charge in [0.2, 0.25) is 0 Å². The maximum atomic E-state index is 13.1. The van der Waals surface area contributed by atoms with Crippen molar-refractivity contribution in [3.05, 3.63) is 30.5 Å². The third-order valence-electron chi connectivity index (χ3n) is 5.00. The average molecular weight is 484 g/mol. The summed E-state index contributed by atoms with van der Waals surface area (Å²) < 4.78 is 24.3. The average Bonchev–Trinajstić information content (AvgIpc) is 3.37. The first-order valence-corrected chi connectivity index (χ1v) is 13.6. The third kappa shape index (κ3) is 6.94. The van der Waals surface area contributed by atoms with E-state index in [-0.39, 0.29) is 17.3 Å². The lowest BCUT2D eigenvalue weighted by molar-refractivity contribution is -0.136. The molecule has 11 heteroatoms. The lowest BCUT2D eigenvalue weighted by Gasteiger charge is -2.26. The van der Waals surface area contributed by atoms with Crippen molar-refractivity contribution in [1.29, 1.82) is 0 Å². The fourth-order valence-electron chi connectivity index (χ4n) is 3.41. The van der Waals surface area contributed by atoms with E-state index in [4.69, 9.17) is 5.11 Å². The largest absolute Gasteiger partial charge is 0.481 e. The van der Waals surface area contributed by atoms with Gasteiger partial charge in [0.25, 0.3) is 0 Å². The Morgan fingerprint density at radius 1 is 1.26 bits per heavy atom. The second-order valence-corrected chi connectivity index (χ2v) is 11.9. The molecule has 0 unspecified atom stereocenters. The highest BCUT2D eigenvalue weighted by Crippen LogP contribution is 2.31. The van der Waals surface area contributed by atoms with Gasteiger partial charge in [-0.3, -0.25) is 15.0 Å². The maximum Gasteiger partial charge on any atom is 0.328 e. The van der Waals surface area contributed by atoms with Crippen molar-refractivity contribution in [1.82, 2.24) is 4.98 Å². The fourth-order valence-corrected chi connectivity index (χ4v) is 5.91. The molecule has 3 rings (SSSR count). The second-order valence-electron chi connectivity index (χ2n) is 7.43. The number of aliphatic carboxylic acids is 1. The van der Waals surface area contributed by atoms with Crippen molar-refractivity contribution in [2.24, 2.45) is 5.92 Å². The number of carboxylic acids is 1. The Balaban J connectivity index is 1.72. The number of thioether (sulfide) groups is 1. The number of sulfone groups is 1. The summed E-state index contributed by atoms with van der Waals surface area (Å²) in [4.78, 5) is 29.8. The highest BCUT2D eigenvalue weighted by molar-refractivity contribution is 8.01. The van der Waals surface area contributed by atoms with Crippen LogP contribution in [0.15, 0.2) is 39.6 Å². The highest BCUT2D eigenvalue weighted by Gasteiger charge is 2.24. The minimum absolute atomic E-state index is 0.0584. The van der Waals surface area contributed by atoms with E-state index in [1.165, 1.54) is 35.2 Å². The van der Waals surface area contributed by atoms with E-state index in [9.17, 15) is 18.0 Å². The number of anilines is 2. The first-order valence-electron chi connectivity index (χ1n) is 9.91. The molecule has 2 N–H and O–H groups in total. The number of rotatable bonds is 9. The van der Waals surface area contributed by atoms with Gasteiger partial charge in [-0.15, -0.1) is 11.8 Å². The van der Waals surface area contributed by atoms with Crippen molar-refractivity contribution in [2.75, 3.05) is 28.8 Å². The van der Waals surface area contributed by atoms with E-state index in [1.807, 2.05) is 0 Å². The van der Waals surface area contributed by atoms with Crippen LogP contribution in [0.1, 0.15) is 32.1 Å². The third-order valence-corrected chi connectivity index (χ3v) is 8.23. The van der Waals surface area contributed by atoms with Gasteiger partial charge in [-0.1, -0.05) is 24.2 Å². The molecule has 1 saturated carbocycles. The standard InChI is InChI=1S/C20H25N3O5S3/c1-31(27,28)16-8-6-15(7-9-16)23(13-14-4-2-3-5-14)20(26)22-19-21-12-18(30-19)29-11-10-17(24)25/h6-9,12,14H,2-5,10-11,13H2,1H3,(H,24,25)(H,21,22,26). The molecule has 1 aromatic carbocycles. The molecule has 0 radical (unpaired) electrons. The first kappa shape index (κ1) is 23.6. The van der Waals surface area contributed by atoms with E-state index < -0.39 is 15.8 Å². The molecule has 0 aliphatic heterocycles. The number of nitrogens with one attached hydrogen (secondary N) is 1. The number of thiazole rings is 1. The molecule has 2 amide bonds. The molecule has 1 fully saturated rings. The van der Waals surface area contributed by atoms with E-state index in [2.05, 4.69) is 10.3 Å². The van der Waals surface area contributed by atoms with Crippen molar-refractivity contribution < 1.29 is 23.1 Å². The number of urea groups is 1. The Labute approximate surface area is 190 Å². The van der Waals surface area contributed by atoms with Gasteiger partial charge in [-0.05, 0) is 43.0 Å². The van der Waals surface area contributed by atoms with Crippen LogP contribution in [0.2, 0.25) is 0 Å². The summed E-state index contributed by atoms with van der Waals surface area (Å²) in [5.41, 5.74) is 0.629. The Bertz CT molecular complexity index is 1010. The number of hydrogen-bond donors (Lipinski definition) is 2. The number of amides is 2. The molecular formula is C20H25N3O5S3. The summed E-state index contributed by atoms with van der Waals surface area (Å²) in [6.07, 6.45) is 7.25. The molecule has 8 nitrogen and oxygen atoms in total. The predicted octanol–water partition coefficient (Wildman–Crippen LogP) is 4.34. The van der Waals surface area contributed by atoms with Crippen LogP contribution in [0.3, 0.4) is 0 Å². The molecular weight excluding hydrogens is 458 g/mol. The number of carboxylic acid groups (broad SMARTS) is 1. The molecule has 0 saturated heterocycles. The molecule has 31 heavy (non-hydrogen) atoms. The maximum absolute atomic E-state index is 13.1. The van der Waals surface area contributed by atoms with Crippen LogP contribution < -0.4 is 10.2 Å². The number of aromatic nitrogens is 1.